The molecule has 0 spiro atoms. The van der Waals surface area contributed by atoms with Gasteiger partial charge in [-0.1, -0.05) is 75.4 Å². The summed E-state index contributed by atoms with van der Waals surface area (Å²) in [5.41, 5.74) is 0.887. The number of aliphatic hydroxyl groups is 2. The summed E-state index contributed by atoms with van der Waals surface area (Å²) >= 11 is 0. The van der Waals surface area contributed by atoms with Gasteiger partial charge < -0.3 is 20.3 Å². The Morgan fingerprint density at radius 2 is 1.53 bits per heavy atom. The third kappa shape index (κ3) is 5.83. The van der Waals surface area contributed by atoms with Gasteiger partial charge in [-0.05, 0) is 136 Å². The van der Waals surface area contributed by atoms with E-state index in [1.165, 1.54) is 0 Å². The molecule has 4 aromatic rings. The minimum Gasteiger partial charge on any atom is -0.456 e. The number of nitrogens with one attached hydrogen (secondary N) is 1. The zero-order valence-electron chi connectivity index (χ0n) is 30.3. The van der Waals surface area contributed by atoms with E-state index in [2.05, 4.69) is 50.4 Å². The number of hydrogen-bond acceptors (Lipinski definition) is 6. The van der Waals surface area contributed by atoms with Gasteiger partial charge in [0.2, 0.25) is 11.7 Å². The molecule has 4 aliphatic carbocycles. The van der Waals surface area contributed by atoms with E-state index in [0.717, 1.165) is 90.1 Å². The van der Waals surface area contributed by atoms with Crippen LogP contribution in [-0.2, 0) is 14.3 Å². The quantitative estimate of drug-likeness (QED) is 0.0937. The standard InChI is InChI=1S/C44H53NO6/c1-25(33-14-15-34-42-35(18-20-44(33,34)3)43(2)19-17-30(46)21-29(43)22-36(42)47)7-16-38(49)45-23-39(50)51-24-37(48)31-12-10-28-9-8-26-5-4-6-27-11-13-32(31)41(28)40(26)27/h4-6,8-13,25,29-30,33-36,42,46-47H,7,14-24H2,1-3H3,(H,45,49)/t25-,29+,30-,33-,34+,35+,36-,42+,43+,44-/m1/s1. The van der Waals surface area contributed by atoms with E-state index in [0.29, 0.717) is 47.5 Å². The number of hydrogen-bond donors (Lipinski definition) is 3. The fourth-order valence-corrected chi connectivity index (χ4v) is 12.2. The molecule has 270 valence electrons. The van der Waals surface area contributed by atoms with Gasteiger partial charge >= 0.3 is 5.97 Å². The molecule has 0 heterocycles. The minimum absolute atomic E-state index is 0.153. The van der Waals surface area contributed by atoms with Gasteiger partial charge in [-0.25, -0.2) is 0 Å². The first kappa shape index (κ1) is 34.5. The molecule has 0 aromatic heterocycles. The molecular weight excluding hydrogens is 638 g/mol. The predicted molar refractivity (Wildman–Crippen MR) is 199 cm³/mol. The third-order valence-electron chi connectivity index (χ3n) is 14.9. The van der Waals surface area contributed by atoms with Gasteiger partial charge in [0.15, 0.2) is 6.61 Å². The number of carbonyl (C=O) groups is 3. The van der Waals surface area contributed by atoms with Crippen molar-refractivity contribution < 1.29 is 29.3 Å². The van der Waals surface area contributed by atoms with Gasteiger partial charge in [0.25, 0.3) is 0 Å². The third-order valence-corrected chi connectivity index (χ3v) is 14.9. The maximum absolute atomic E-state index is 13.3. The largest absolute Gasteiger partial charge is 0.456 e. The highest BCUT2D eigenvalue weighted by Gasteiger charge is 2.62. The number of benzene rings is 4. The smallest absolute Gasteiger partial charge is 0.325 e. The van der Waals surface area contributed by atoms with Crippen molar-refractivity contribution in [3.8, 4) is 0 Å². The van der Waals surface area contributed by atoms with Crippen LogP contribution in [0, 0.1) is 46.3 Å². The first-order valence-corrected chi connectivity index (χ1v) is 19.5. The maximum atomic E-state index is 13.3. The molecule has 7 nitrogen and oxygen atoms in total. The number of rotatable bonds is 9. The lowest BCUT2D eigenvalue weighted by Crippen LogP contribution is -2.58. The van der Waals surface area contributed by atoms with E-state index in [9.17, 15) is 24.6 Å². The molecule has 3 N–H and O–H groups in total. The first-order chi connectivity index (χ1) is 24.5. The molecule has 0 bridgehead atoms. The van der Waals surface area contributed by atoms with Crippen LogP contribution in [0.25, 0.3) is 32.3 Å². The minimum atomic E-state index is -0.625. The number of ether oxygens (including phenoxy) is 1. The van der Waals surface area contributed by atoms with Crippen molar-refractivity contribution in [1.29, 1.82) is 0 Å². The highest BCUT2D eigenvalue weighted by molar-refractivity contribution is 6.26. The number of fused-ring (bicyclic) bond motifs is 5. The highest BCUT2D eigenvalue weighted by atomic mass is 16.5. The Hall–Kier alpha value is -3.55. The van der Waals surface area contributed by atoms with Crippen LogP contribution >= 0.6 is 0 Å². The molecule has 4 aromatic carbocycles. The molecule has 8 rings (SSSR count). The van der Waals surface area contributed by atoms with E-state index in [4.69, 9.17) is 4.74 Å². The monoisotopic (exact) mass is 691 g/mol. The average Bonchev–Trinajstić information content (AvgIpc) is 3.48. The number of ketones is 1. The molecule has 1 amide bonds. The van der Waals surface area contributed by atoms with E-state index < -0.39 is 5.97 Å². The Kier molecular flexibility index (Phi) is 8.90. The van der Waals surface area contributed by atoms with Crippen LogP contribution in [-0.4, -0.2) is 53.2 Å². The second kappa shape index (κ2) is 13.1. The predicted octanol–water partition coefficient (Wildman–Crippen LogP) is 7.83. The summed E-state index contributed by atoms with van der Waals surface area (Å²) in [6, 6.07) is 18.1. The van der Waals surface area contributed by atoms with Gasteiger partial charge in [0.05, 0.1) is 12.2 Å². The van der Waals surface area contributed by atoms with Crippen LogP contribution < -0.4 is 5.32 Å². The Bertz CT molecular complexity index is 1960. The van der Waals surface area contributed by atoms with Gasteiger partial charge in [-0.3, -0.25) is 14.4 Å². The number of Topliss-reactive ketones (excluding diaryl/α,β-unsaturated/α-hetero) is 1. The Labute approximate surface area is 300 Å². The zero-order valence-corrected chi connectivity index (χ0v) is 30.3. The first-order valence-electron chi connectivity index (χ1n) is 19.5. The fraction of sp³-hybridized carbons (Fsp3) is 0.568. The van der Waals surface area contributed by atoms with Gasteiger partial charge in [0, 0.05) is 12.0 Å². The summed E-state index contributed by atoms with van der Waals surface area (Å²) in [4.78, 5) is 38.8. The Morgan fingerprint density at radius 1 is 0.843 bits per heavy atom. The van der Waals surface area contributed by atoms with Crippen molar-refractivity contribution in [2.75, 3.05) is 13.2 Å². The molecule has 0 saturated heterocycles. The summed E-state index contributed by atoms with van der Waals surface area (Å²) in [5.74, 6) is 1.53. The van der Waals surface area contributed by atoms with Crippen molar-refractivity contribution in [2.24, 2.45) is 46.3 Å². The van der Waals surface area contributed by atoms with Gasteiger partial charge in [-0.15, -0.1) is 0 Å². The summed E-state index contributed by atoms with van der Waals surface area (Å²) in [7, 11) is 0. The number of esters is 1. The number of aliphatic hydroxyl groups excluding tert-OH is 2. The summed E-state index contributed by atoms with van der Waals surface area (Å²) < 4.78 is 5.34. The zero-order chi connectivity index (χ0) is 35.7. The Morgan fingerprint density at radius 3 is 2.31 bits per heavy atom. The summed E-state index contributed by atoms with van der Waals surface area (Å²) in [5, 5.41) is 31.0. The van der Waals surface area contributed by atoms with Crippen LogP contribution in [0.1, 0.15) is 95.3 Å². The lowest BCUT2D eigenvalue weighted by atomic mass is 9.43. The van der Waals surface area contributed by atoms with Crippen LogP contribution in [0.15, 0.2) is 54.6 Å². The molecule has 51 heavy (non-hydrogen) atoms. The second-order valence-corrected chi connectivity index (χ2v) is 17.3. The van der Waals surface area contributed by atoms with Crippen molar-refractivity contribution in [1.82, 2.24) is 5.32 Å². The fourth-order valence-electron chi connectivity index (χ4n) is 12.2. The highest BCUT2D eigenvalue weighted by Crippen LogP contribution is 2.68. The maximum Gasteiger partial charge on any atom is 0.325 e. The second-order valence-electron chi connectivity index (χ2n) is 17.3. The lowest BCUT2D eigenvalue weighted by molar-refractivity contribution is -0.174. The molecular formula is C44H53NO6. The van der Waals surface area contributed by atoms with Crippen molar-refractivity contribution >= 4 is 50.0 Å². The Balaban J connectivity index is 0.829. The van der Waals surface area contributed by atoms with E-state index in [1.807, 2.05) is 24.3 Å². The number of amides is 1. The normalized spacial score (nSPS) is 33.8. The van der Waals surface area contributed by atoms with Gasteiger partial charge in [0.1, 0.15) is 6.54 Å². The molecule has 7 heteroatoms. The number of carbonyl (C=O) groups excluding carboxylic acids is 3. The van der Waals surface area contributed by atoms with E-state index in [1.54, 1.807) is 6.07 Å². The summed E-state index contributed by atoms with van der Waals surface area (Å²) in [6.07, 6.45) is 8.74. The molecule has 0 radical (unpaired) electrons. The van der Waals surface area contributed by atoms with E-state index >= 15 is 0 Å². The van der Waals surface area contributed by atoms with Crippen LogP contribution in [0.2, 0.25) is 0 Å². The molecule has 10 atom stereocenters. The SMILES string of the molecule is C[C@H](CCC(=O)NCC(=O)OCC(=O)c1ccc2ccc3cccc4ccc1c2c34)[C@H]1CC[C@H]2[C@@H]3[C@H](O)C[C@@H]4C[C@H](O)CC[C@]4(C)[C@H]3CC[C@]12C. The molecule has 0 unspecified atom stereocenters. The van der Waals surface area contributed by atoms with E-state index in [-0.39, 0.29) is 47.9 Å². The molecule has 4 saturated carbocycles. The van der Waals surface area contributed by atoms with Crippen molar-refractivity contribution in [2.45, 2.75) is 97.2 Å². The topological polar surface area (TPSA) is 113 Å². The molecule has 4 fully saturated rings. The average molecular weight is 692 g/mol. The van der Waals surface area contributed by atoms with Gasteiger partial charge in [-0.2, -0.15) is 0 Å². The van der Waals surface area contributed by atoms with Crippen molar-refractivity contribution in [3.05, 3.63) is 60.2 Å². The lowest BCUT2D eigenvalue weighted by Gasteiger charge is -2.62. The molecule has 0 aliphatic heterocycles. The van der Waals surface area contributed by atoms with Crippen LogP contribution in [0.3, 0.4) is 0 Å². The van der Waals surface area contributed by atoms with Crippen LogP contribution in [0.4, 0.5) is 0 Å². The summed E-state index contributed by atoms with van der Waals surface area (Å²) in [6.45, 7) is 6.53. The molecule has 4 aliphatic rings. The van der Waals surface area contributed by atoms with Crippen LogP contribution in [0.5, 0.6) is 0 Å². The van der Waals surface area contributed by atoms with Crippen molar-refractivity contribution in [3.63, 3.8) is 0 Å².